The number of aliphatic hydroxyl groups is 1. The third-order valence-electron chi connectivity index (χ3n) is 4.40. The maximum atomic E-state index is 12.7. The van der Waals surface area contributed by atoms with Crippen LogP contribution in [0.25, 0.3) is 0 Å². The van der Waals surface area contributed by atoms with Gasteiger partial charge in [0.05, 0.1) is 23.4 Å². The molecule has 4 nitrogen and oxygen atoms in total. The van der Waals surface area contributed by atoms with Crippen molar-refractivity contribution in [3.8, 4) is 0 Å². The molecule has 1 aromatic carbocycles. The second-order valence-corrected chi connectivity index (χ2v) is 6.42. The molecule has 1 aromatic heterocycles. The number of oxazole rings is 1. The van der Waals surface area contributed by atoms with E-state index in [1.165, 1.54) is 12.1 Å². The number of aryl methyl sites for hydroxylation is 1. The Kier molecular flexibility index (Phi) is 4.17. The Bertz CT molecular complexity index is 711. The Morgan fingerprint density at radius 2 is 1.92 bits per heavy atom. The second kappa shape index (κ2) is 5.89. The maximum Gasteiger partial charge on any atom is 0.416 e. The second-order valence-electron chi connectivity index (χ2n) is 6.42. The molecule has 0 saturated carbocycles. The van der Waals surface area contributed by atoms with Crippen molar-refractivity contribution in [2.24, 2.45) is 0 Å². The molecule has 0 amide bonds. The van der Waals surface area contributed by atoms with Crippen LogP contribution in [0, 0.1) is 6.92 Å². The summed E-state index contributed by atoms with van der Waals surface area (Å²) < 4.78 is 43.7. The molecule has 1 saturated heterocycles. The van der Waals surface area contributed by atoms with Gasteiger partial charge in [-0.3, -0.25) is 0 Å². The van der Waals surface area contributed by atoms with Gasteiger partial charge in [-0.05, 0) is 31.0 Å². The van der Waals surface area contributed by atoms with Crippen molar-refractivity contribution in [3.63, 3.8) is 0 Å². The normalized spacial score (nSPS) is 28.1. The van der Waals surface area contributed by atoms with E-state index in [-0.39, 0.29) is 12.1 Å². The highest BCUT2D eigenvalue weighted by Gasteiger charge is 2.41. The molecule has 3 atom stereocenters. The van der Waals surface area contributed by atoms with Crippen LogP contribution in [0.2, 0.25) is 0 Å². The van der Waals surface area contributed by atoms with E-state index in [1.54, 1.807) is 13.1 Å². The minimum absolute atomic E-state index is 0.0264. The number of hydrogen-bond acceptors (Lipinski definition) is 4. The van der Waals surface area contributed by atoms with Crippen molar-refractivity contribution in [1.29, 1.82) is 0 Å². The van der Waals surface area contributed by atoms with Crippen molar-refractivity contribution in [1.82, 2.24) is 10.3 Å². The summed E-state index contributed by atoms with van der Waals surface area (Å²) in [6.07, 6.45) is -2.07. The van der Waals surface area contributed by atoms with Gasteiger partial charge in [-0.15, -0.1) is 0 Å². The Morgan fingerprint density at radius 1 is 1.25 bits per heavy atom. The minimum Gasteiger partial charge on any atom is -0.444 e. The average molecular weight is 340 g/mol. The first kappa shape index (κ1) is 17.0. The van der Waals surface area contributed by atoms with Gasteiger partial charge in [0.2, 0.25) is 0 Å². The van der Waals surface area contributed by atoms with E-state index in [1.807, 2.05) is 6.92 Å². The Hall–Kier alpha value is -1.86. The summed E-state index contributed by atoms with van der Waals surface area (Å²) in [5.41, 5.74) is -1.47. The molecule has 2 heterocycles. The highest BCUT2D eigenvalue weighted by molar-refractivity contribution is 5.30. The van der Waals surface area contributed by atoms with Crippen LogP contribution in [-0.4, -0.2) is 16.1 Å². The van der Waals surface area contributed by atoms with Crippen LogP contribution in [0.1, 0.15) is 48.6 Å². The third-order valence-corrected chi connectivity index (χ3v) is 4.40. The number of aromatic nitrogens is 1. The molecule has 24 heavy (non-hydrogen) atoms. The van der Waals surface area contributed by atoms with Gasteiger partial charge in [0, 0.05) is 19.4 Å². The third kappa shape index (κ3) is 3.32. The lowest BCUT2D eigenvalue weighted by molar-refractivity contribution is -0.137. The molecule has 1 unspecified atom stereocenters. The fraction of sp³-hybridized carbons (Fsp3) is 0.471. The van der Waals surface area contributed by atoms with Gasteiger partial charge in [-0.1, -0.05) is 12.1 Å². The molecule has 130 valence electrons. The van der Waals surface area contributed by atoms with Crippen LogP contribution in [0.3, 0.4) is 0 Å². The molecular formula is C17H19F3N2O2. The van der Waals surface area contributed by atoms with Crippen molar-refractivity contribution in [2.75, 3.05) is 0 Å². The number of rotatable bonds is 2. The molecule has 0 radical (unpaired) electrons. The van der Waals surface area contributed by atoms with Crippen LogP contribution >= 0.6 is 0 Å². The zero-order valence-corrected chi connectivity index (χ0v) is 13.4. The molecular weight excluding hydrogens is 321 g/mol. The van der Waals surface area contributed by atoms with Crippen LogP contribution < -0.4 is 5.32 Å². The molecule has 2 N–H and O–H groups in total. The topological polar surface area (TPSA) is 58.3 Å². The van der Waals surface area contributed by atoms with Crippen molar-refractivity contribution in [3.05, 3.63) is 53.2 Å². The van der Waals surface area contributed by atoms with Gasteiger partial charge in [0.15, 0.2) is 5.89 Å². The van der Waals surface area contributed by atoms with E-state index in [2.05, 4.69) is 10.3 Å². The summed E-state index contributed by atoms with van der Waals surface area (Å²) >= 11 is 0. The summed E-state index contributed by atoms with van der Waals surface area (Å²) in [5, 5.41) is 14.4. The summed E-state index contributed by atoms with van der Waals surface area (Å²) in [6, 6.07) is 4.44. The number of nitrogens with one attached hydrogen (secondary N) is 1. The SMILES string of the molecule is Cc1ncc([C@@H]2CC(O)(c3ccc(C(F)(F)F)cc3)C[C@H](C)N2)o1. The number of halogens is 3. The van der Waals surface area contributed by atoms with Crippen LogP contribution in [0.4, 0.5) is 13.2 Å². The van der Waals surface area contributed by atoms with Crippen molar-refractivity contribution >= 4 is 0 Å². The molecule has 0 spiro atoms. The number of nitrogens with zero attached hydrogens (tertiary/aromatic N) is 1. The number of hydrogen-bond donors (Lipinski definition) is 2. The van der Waals surface area contributed by atoms with Gasteiger partial charge in [-0.2, -0.15) is 13.2 Å². The zero-order valence-electron chi connectivity index (χ0n) is 13.4. The van der Waals surface area contributed by atoms with Gasteiger partial charge in [0.25, 0.3) is 0 Å². The predicted molar refractivity (Wildman–Crippen MR) is 81.2 cm³/mol. The Labute approximate surface area is 137 Å². The summed E-state index contributed by atoms with van der Waals surface area (Å²) in [5.74, 6) is 1.15. The fourth-order valence-corrected chi connectivity index (χ4v) is 3.32. The van der Waals surface area contributed by atoms with Gasteiger partial charge in [0.1, 0.15) is 5.76 Å². The summed E-state index contributed by atoms with van der Waals surface area (Å²) in [4.78, 5) is 4.06. The molecule has 1 aliphatic rings. The molecule has 2 aromatic rings. The van der Waals surface area contributed by atoms with Crippen LogP contribution in [0.5, 0.6) is 0 Å². The lowest BCUT2D eigenvalue weighted by Gasteiger charge is -2.40. The van der Waals surface area contributed by atoms with Gasteiger partial charge >= 0.3 is 6.18 Å². The predicted octanol–water partition coefficient (Wildman–Crippen LogP) is 3.70. The highest BCUT2D eigenvalue weighted by atomic mass is 19.4. The Morgan fingerprint density at radius 3 is 2.46 bits per heavy atom. The average Bonchev–Trinajstić information content (AvgIpc) is 2.92. The number of piperidine rings is 1. The van der Waals surface area contributed by atoms with E-state index in [0.717, 1.165) is 12.1 Å². The first-order valence-electron chi connectivity index (χ1n) is 7.76. The summed E-state index contributed by atoms with van der Waals surface area (Å²) in [7, 11) is 0. The zero-order chi connectivity index (χ0) is 17.5. The first-order chi connectivity index (χ1) is 11.2. The van der Waals surface area contributed by atoms with Gasteiger partial charge < -0.3 is 14.8 Å². The lowest BCUT2D eigenvalue weighted by atomic mass is 9.78. The van der Waals surface area contributed by atoms with E-state index in [9.17, 15) is 18.3 Å². The van der Waals surface area contributed by atoms with Crippen molar-refractivity contribution in [2.45, 2.75) is 50.6 Å². The standard InChI is InChI=1S/C17H19F3N2O2/c1-10-7-16(23,8-14(22-10)15-9-21-11(2)24-15)12-3-5-13(6-4-12)17(18,19)20/h3-6,9-10,14,22-23H,7-8H2,1-2H3/t10-,14-,16?/m0/s1. The fourth-order valence-electron chi connectivity index (χ4n) is 3.32. The number of benzene rings is 1. The van der Waals surface area contributed by atoms with E-state index in [4.69, 9.17) is 4.42 Å². The monoisotopic (exact) mass is 340 g/mol. The van der Waals surface area contributed by atoms with Crippen molar-refractivity contribution < 1.29 is 22.7 Å². The van der Waals surface area contributed by atoms with E-state index < -0.39 is 17.3 Å². The Balaban J connectivity index is 1.87. The first-order valence-corrected chi connectivity index (χ1v) is 7.76. The van der Waals surface area contributed by atoms with Gasteiger partial charge in [-0.25, -0.2) is 4.98 Å². The molecule has 7 heteroatoms. The quantitative estimate of drug-likeness (QED) is 0.875. The maximum absolute atomic E-state index is 12.7. The molecule has 3 rings (SSSR count). The smallest absolute Gasteiger partial charge is 0.416 e. The van der Waals surface area contributed by atoms with E-state index >= 15 is 0 Å². The minimum atomic E-state index is -4.39. The molecule has 1 aliphatic heterocycles. The van der Waals surface area contributed by atoms with Crippen LogP contribution in [0.15, 0.2) is 34.9 Å². The summed E-state index contributed by atoms with van der Waals surface area (Å²) in [6.45, 7) is 3.66. The highest BCUT2D eigenvalue weighted by Crippen LogP contribution is 2.41. The molecule has 0 aliphatic carbocycles. The number of alkyl halides is 3. The van der Waals surface area contributed by atoms with Crippen LogP contribution in [-0.2, 0) is 11.8 Å². The molecule has 0 bridgehead atoms. The largest absolute Gasteiger partial charge is 0.444 e. The lowest BCUT2D eigenvalue weighted by Crippen LogP contribution is -2.46. The van der Waals surface area contributed by atoms with E-state index in [0.29, 0.717) is 30.1 Å². The molecule has 1 fully saturated rings.